The molecular weight excluding hydrogens is 632 g/mol. The normalized spacial score (nSPS) is 16.5. The molecule has 2 heterocycles. The molecule has 0 aliphatic carbocycles. The zero-order chi connectivity index (χ0) is 35.3. The Morgan fingerprint density at radius 2 is 0.980 bits per heavy atom. The summed E-state index contributed by atoms with van der Waals surface area (Å²) in [4.78, 5) is 59.1. The number of rotatable bonds is 18. The Hall–Kier alpha value is -4.62. The summed E-state index contributed by atoms with van der Waals surface area (Å²) in [5.41, 5.74) is 14.9. The van der Waals surface area contributed by atoms with E-state index in [0.717, 1.165) is 22.5 Å². The van der Waals surface area contributed by atoms with Gasteiger partial charge >= 0.3 is 0 Å². The van der Waals surface area contributed by atoms with Crippen molar-refractivity contribution in [3.63, 3.8) is 0 Å². The monoisotopic (exact) mass is 682 g/mol. The van der Waals surface area contributed by atoms with E-state index < -0.39 is 0 Å². The number of carbonyl (C=O) groups excluding carboxylic acids is 4. The van der Waals surface area contributed by atoms with Gasteiger partial charge in [0.25, 0.3) is 0 Å². The minimum atomic E-state index is -0.159. The molecule has 3 aromatic carbocycles. The predicted octanol–water partition coefficient (Wildman–Crippen LogP) is 1.83. The van der Waals surface area contributed by atoms with Crippen molar-refractivity contribution in [2.24, 2.45) is 11.5 Å². The number of carbonyl (C=O) groups is 4. The summed E-state index contributed by atoms with van der Waals surface area (Å²) >= 11 is 0. The van der Waals surface area contributed by atoms with Crippen molar-refractivity contribution in [3.05, 3.63) is 96.1 Å². The molecule has 0 unspecified atom stereocenters. The van der Waals surface area contributed by atoms with E-state index >= 15 is 0 Å². The molecule has 0 bridgehead atoms. The standard InChI is InChI=1S/C38H50N8O4/c39-19-7-13-35(47)41-31(21-29-9-3-1-4-10-29)23-43-25-37(49)45(27-43)33-15-17-34(18-16-33)46-28-44(26-38(46)50)24-32(42-36(48)14-8-20-40)22-30-11-5-2-6-12-30/h1-6,9-12,15-18,31-32H,7-8,13-14,19-28,39-40H2,(H,41,47)(H,42,48)/t31-,32-/m0/s1. The zero-order valence-electron chi connectivity index (χ0n) is 28.7. The molecule has 2 saturated heterocycles. The zero-order valence-corrected chi connectivity index (χ0v) is 28.7. The fourth-order valence-corrected chi connectivity index (χ4v) is 6.59. The highest BCUT2D eigenvalue weighted by Crippen LogP contribution is 2.26. The number of nitrogens with zero attached hydrogens (tertiary/aromatic N) is 4. The third-order valence-corrected chi connectivity index (χ3v) is 9.03. The first-order chi connectivity index (χ1) is 24.3. The van der Waals surface area contributed by atoms with Gasteiger partial charge in [0.1, 0.15) is 0 Å². The van der Waals surface area contributed by atoms with Gasteiger partial charge in [0.2, 0.25) is 23.6 Å². The SMILES string of the molecule is NCCCC(=O)N[C@@H](Cc1ccccc1)CN1CC(=O)N(c2ccc(N3CN(C[C@H](Cc4ccccc4)NC(=O)CCCN)CC3=O)cc2)C1. The fraction of sp³-hybridized carbons (Fsp3) is 0.421. The van der Waals surface area contributed by atoms with Crippen LogP contribution in [-0.4, -0.2) is 98.1 Å². The number of amides is 4. The third kappa shape index (κ3) is 10.7. The molecule has 0 spiro atoms. The maximum atomic E-state index is 13.2. The lowest BCUT2D eigenvalue weighted by Crippen LogP contribution is -2.45. The number of anilines is 2. The molecule has 4 amide bonds. The van der Waals surface area contributed by atoms with Crippen LogP contribution in [0.3, 0.4) is 0 Å². The largest absolute Gasteiger partial charge is 0.352 e. The molecule has 2 aliphatic rings. The van der Waals surface area contributed by atoms with E-state index in [0.29, 0.717) is 78.0 Å². The second-order valence-corrected chi connectivity index (χ2v) is 13.2. The molecule has 2 aliphatic heterocycles. The van der Waals surface area contributed by atoms with Gasteiger partial charge in [-0.25, -0.2) is 0 Å². The Labute approximate surface area is 294 Å². The van der Waals surface area contributed by atoms with Gasteiger partial charge in [0.05, 0.1) is 26.4 Å². The van der Waals surface area contributed by atoms with E-state index in [1.807, 2.05) is 84.9 Å². The van der Waals surface area contributed by atoms with Gasteiger partial charge < -0.3 is 22.1 Å². The van der Waals surface area contributed by atoms with Gasteiger partial charge in [0.15, 0.2) is 0 Å². The maximum absolute atomic E-state index is 13.2. The number of nitrogens with two attached hydrogens (primary N) is 2. The lowest BCUT2D eigenvalue weighted by molar-refractivity contribution is -0.122. The van der Waals surface area contributed by atoms with Crippen molar-refractivity contribution in [1.29, 1.82) is 0 Å². The second kappa shape index (κ2) is 18.4. The summed E-state index contributed by atoms with van der Waals surface area (Å²) in [6.07, 6.45) is 3.30. The molecule has 2 atom stereocenters. The van der Waals surface area contributed by atoms with Gasteiger partial charge in [-0.15, -0.1) is 0 Å². The summed E-state index contributed by atoms with van der Waals surface area (Å²) < 4.78 is 0. The van der Waals surface area contributed by atoms with Crippen LogP contribution in [0.15, 0.2) is 84.9 Å². The Kier molecular flexibility index (Phi) is 13.5. The van der Waals surface area contributed by atoms with Crippen molar-refractivity contribution >= 4 is 35.0 Å². The van der Waals surface area contributed by atoms with E-state index in [4.69, 9.17) is 11.5 Å². The van der Waals surface area contributed by atoms with Crippen molar-refractivity contribution in [2.75, 3.05) is 62.4 Å². The molecule has 0 saturated carbocycles. The van der Waals surface area contributed by atoms with Crippen molar-refractivity contribution < 1.29 is 19.2 Å². The molecule has 2 fully saturated rings. The van der Waals surface area contributed by atoms with E-state index in [-0.39, 0.29) is 48.8 Å². The quantitative estimate of drug-likeness (QED) is 0.158. The average molecular weight is 683 g/mol. The molecular formula is C38H50N8O4. The van der Waals surface area contributed by atoms with Crippen LogP contribution in [0.2, 0.25) is 0 Å². The number of hydrogen-bond acceptors (Lipinski definition) is 8. The van der Waals surface area contributed by atoms with Gasteiger partial charge in [-0.3, -0.25) is 38.8 Å². The smallest absolute Gasteiger partial charge is 0.242 e. The highest BCUT2D eigenvalue weighted by molar-refractivity contribution is 5.98. The first-order valence-corrected chi connectivity index (χ1v) is 17.5. The number of hydrogen-bond donors (Lipinski definition) is 4. The molecule has 50 heavy (non-hydrogen) atoms. The fourth-order valence-electron chi connectivity index (χ4n) is 6.59. The van der Waals surface area contributed by atoms with Gasteiger partial charge in [0, 0.05) is 49.4 Å². The molecule has 3 aromatic rings. The predicted molar refractivity (Wildman–Crippen MR) is 195 cm³/mol. The van der Waals surface area contributed by atoms with Crippen LogP contribution >= 0.6 is 0 Å². The van der Waals surface area contributed by atoms with Gasteiger partial charge in [-0.1, -0.05) is 60.7 Å². The van der Waals surface area contributed by atoms with Crippen LogP contribution in [0.25, 0.3) is 0 Å². The van der Waals surface area contributed by atoms with Crippen molar-refractivity contribution in [1.82, 2.24) is 20.4 Å². The Balaban J connectivity index is 1.18. The van der Waals surface area contributed by atoms with Crippen LogP contribution in [-0.2, 0) is 32.0 Å². The van der Waals surface area contributed by atoms with Crippen molar-refractivity contribution in [2.45, 2.75) is 50.6 Å². The van der Waals surface area contributed by atoms with Gasteiger partial charge in [-0.05, 0) is 74.2 Å². The molecule has 6 N–H and O–H groups in total. The van der Waals surface area contributed by atoms with E-state index in [2.05, 4.69) is 20.4 Å². The number of benzene rings is 3. The van der Waals surface area contributed by atoms with Crippen molar-refractivity contribution in [3.8, 4) is 0 Å². The van der Waals surface area contributed by atoms with Crippen LogP contribution in [0.5, 0.6) is 0 Å². The van der Waals surface area contributed by atoms with E-state index in [9.17, 15) is 19.2 Å². The molecule has 12 nitrogen and oxygen atoms in total. The lowest BCUT2D eigenvalue weighted by Gasteiger charge is -2.25. The summed E-state index contributed by atoms with van der Waals surface area (Å²) in [7, 11) is 0. The first-order valence-electron chi connectivity index (χ1n) is 17.5. The molecule has 5 rings (SSSR count). The average Bonchev–Trinajstić information content (AvgIpc) is 3.67. The third-order valence-electron chi connectivity index (χ3n) is 9.03. The Morgan fingerprint density at radius 3 is 1.34 bits per heavy atom. The second-order valence-electron chi connectivity index (χ2n) is 13.2. The molecule has 0 radical (unpaired) electrons. The molecule has 266 valence electrons. The molecule has 0 aromatic heterocycles. The molecule has 12 heteroatoms. The minimum Gasteiger partial charge on any atom is -0.352 e. The lowest BCUT2D eigenvalue weighted by atomic mass is 10.1. The van der Waals surface area contributed by atoms with Crippen LogP contribution in [0.4, 0.5) is 11.4 Å². The summed E-state index contributed by atoms with van der Waals surface area (Å²) in [6.45, 7) is 3.27. The summed E-state index contributed by atoms with van der Waals surface area (Å²) in [6, 6.07) is 27.2. The Morgan fingerprint density at radius 1 is 0.600 bits per heavy atom. The minimum absolute atomic E-state index is 0.0212. The first kappa shape index (κ1) is 36.7. The maximum Gasteiger partial charge on any atom is 0.242 e. The topological polar surface area (TPSA) is 157 Å². The summed E-state index contributed by atoms with van der Waals surface area (Å²) in [5, 5.41) is 6.30. The van der Waals surface area contributed by atoms with Gasteiger partial charge in [-0.2, -0.15) is 0 Å². The van der Waals surface area contributed by atoms with Crippen LogP contribution in [0.1, 0.15) is 36.8 Å². The van der Waals surface area contributed by atoms with Crippen LogP contribution < -0.4 is 31.9 Å². The highest BCUT2D eigenvalue weighted by Gasteiger charge is 2.33. The van der Waals surface area contributed by atoms with E-state index in [1.54, 1.807) is 9.80 Å². The highest BCUT2D eigenvalue weighted by atomic mass is 16.2. The Bertz CT molecular complexity index is 1440. The van der Waals surface area contributed by atoms with Crippen LogP contribution in [0, 0.1) is 0 Å². The summed E-state index contributed by atoms with van der Waals surface area (Å²) in [5.74, 6) is -0.120. The number of nitrogens with one attached hydrogen (secondary N) is 2. The van der Waals surface area contributed by atoms with E-state index in [1.165, 1.54) is 0 Å².